The first-order chi connectivity index (χ1) is 15.0. The first kappa shape index (κ1) is 19.5. The normalized spacial score (nSPS) is 17.5. The number of anilines is 3. The zero-order chi connectivity index (χ0) is 21.6. The second kappa shape index (κ2) is 7.35. The van der Waals surface area contributed by atoms with Gasteiger partial charge in [-0.3, -0.25) is 9.59 Å². The van der Waals surface area contributed by atoms with Crippen LogP contribution in [0.25, 0.3) is 10.9 Å². The summed E-state index contributed by atoms with van der Waals surface area (Å²) >= 11 is 0. The molecule has 9 heteroatoms. The van der Waals surface area contributed by atoms with Crippen molar-refractivity contribution in [3.63, 3.8) is 0 Å². The molecular formula is C22H22FN5O3. The highest BCUT2D eigenvalue weighted by atomic mass is 19.1. The number of nitrogens with two attached hydrogens (primary N) is 1. The molecule has 0 radical (unpaired) electrons. The summed E-state index contributed by atoms with van der Waals surface area (Å²) in [5.74, 6) is -0.978. The van der Waals surface area contributed by atoms with Crippen LogP contribution in [0.15, 0.2) is 42.5 Å². The summed E-state index contributed by atoms with van der Waals surface area (Å²) in [5, 5.41) is 7.73. The number of carbonyl (C=O) groups is 2. The molecule has 2 aliphatic rings. The van der Waals surface area contributed by atoms with Gasteiger partial charge < -0.3 is 20.7 Å². The number of morpholine rings is 1. The number of ether oxygens (including phenoxy) is 1. The Hall–Kier alpha value is -3.46. The second-order valence-electron chi connectivity index (χ2n) is 7.92. The number of carbonyl (C=O) groups excluding carboxylic acids is 2. The van der Waals surface area contributed by atoms with Crippen LogP contribution >= 0.6 is 0 Å². The van der Waals surface area contributed by atoms with Crippen molar-refractivity contribution in [2.24, 2.45) is 5.41 Å². The van der Waals surface area contributed by atoms with Gasteiger partial charge in [-0.15, -0.1) is 5.10 Å². The molecule has 160 valence electrons. The average Bonchev–Trinajstić information content (AvgIpc) is 3.54. The summed E-state index contributed by atoms with van der Waals surface area (Å²) in [6.45, 7) is 2.69. The Morgan fingerprint density at radius 3 is 2.48 bits per heavy atom. The van der Waals surface area contributed by atoms with E-state index in [1.807, 2.05) is 12.1 Å². The van der Waals surface area contributed by atoms with E-state index in [0.29, 0.717) is 42.6 Å². The highest BCUT2D eigenvalue weighted by Crippen LogP contribution is 2.48. The van der Waals surface area contributed by atoms with Crippen molar-refractivity contribution in [3.05, 3.63) is 48.3 Å². The van der Waals surface area contributed by atoms with Gasteiger partial charge in [0, 0.05) is 18.8 Å². The van der Waals surface area contributed by atoms with Gasteiger partial charge in [0.05, 0.1) is 29.8 Å². The summed E-state index contributed by atoms with van der Waals surface area (Å²) in [4.78, 5) is 28.5. The van der Waals surface area contributed by atoms with E-state index < -0.39 is 23.0 Å². The zero-order valence-electron chi connectivity index (χ0n) is 16.8. The van der Waals surface area contributed by atoms with Gasteiger partial charge in [-0.1, -0.05) is 6.07 Å². The van der Waals surface area contributed by atoms with Gasteiger partial charge in [-0.25, -0.2) is 4.39 Å². The molecule has 0 bridgehead atoms. The maximum Gasteiger partial charge on any atom is 0.263 e. The number of nitrogens with one attached hydrogen (secondary N) is 1. The van der Waals surface area contributed by atoms with Crippen LogP contribution < -0.4 is 16.0 Å². The van der Waals surface area contributed by atoms with Crippen molar-refractivity contribution in [3.8, 4) is 0 Å². The summed E-state index contributed by atoms with van der Waals surface area (Å²) in [7, 11) is 0. The molecule has 0 spiro atoms. The average molecular weight is 423 g/mol. The quantitative estimate of drug-likeness (QED) is 0.626. The summed E-state index contributed by atoms with van der Waals surface area (Å²) in [6, 6.07) is 11.0. The standard InChI is InChI=1S/C22H22FN5O3/c23-14-4-6-15(7-5-14)25-20(29)22(8-9-22)21(30)28-17-3-1-2-16(18(17)19(24)26-28)27-10-12-31-13-11-27/h1-7H,8-13H2,(H2,24,26)(H,25,29). The molecule has 1 aliphatic carbocycles. The number of amides is 1. The molecule has 31 heavy (non-hydrogen) atoms. The lowest BCUT2D eigenvalue weighted by Gasteiger charge is -2.29. The molecule has 5 rings (SSSR count). The number of aromatic nitrogens is 2. The molecule has 0 atom stereocenters. The highest BCUT2D eigenvalue weighted by molar-refractivity contribution is 6.16. The maximum atomic E-state index is 13.4. The fourth-order valence-corrected chi connectivity index (χ4v) is 4.05. The van der Waals surface area contributed by atoms with Crippen molar-refractivity contribution in [1.82, 2.24) is 9.78 Å². The Kier molecular flexibility index (Phi) is 4.62. The van der Waals surface area contributed by atoms with Gasteiger partial charge in [0.15, 0.2) is 5.82 Å². The molecular weight excluding hydrogens is 401 g/mol. The minimum Gasteiger partial charge on any atom is -0.382 e. The van der Waals surface area contributed by atoms with Crippen LogP contribution in [0.3, 0.4) is 0 Å². The number of nitrogens with zero attached hydrogens (tertiary/aromatic N) is 3. The van der Waals surface area contributed by atoms with Crippen LogP contribution in [-0.2, 0) is 9.53 Å². The van der Waals surface area contributed by atoms with E-state index in [-0.39, 0.29) is 5.82 Å². The minimum absolute atomic E-state index is 0.250. The van der Waals surface area contributed by atoms with Crippen LogP contribution in [-0.4, -0.2) is 47.9 Å². The van der Waals surface area contributed by atoms with Crippen molar-refractivity contribution in [1.29, 1.82) is 0 Å². The summed E-state index contributed by atoms with van der Waals surface area (Å²) < 4.78 is 19.8. The largest absolute Gasteiger partial charge is 0.382 e. The van der Waals surface area contributed by atoms with E-state index >= 15 is 0 Å². The predicted molar refractivity (Wildman–Crippen MR) is 115 cm³/mol. The van der Waals surface area contributed by atoms with Crippen LogP contribution in [0.4, 0.5) is 21.6 Å². The molecule has 1 aliphatic heterocycles. The molecule has 1 amide bonds. The molecule has 3 N–H and O–H groups in total. The van der Waals surface area contributed by atoms with E-state index in [2.05, 4.69) is 15.3 Å². The van der Waals surface area contributed by atoms with Crippen LogP contribution in [0.5, 0.6) is 0 Å². The van der Waals surface area contributed by atoms with E-state index in [0.717, 1.165) is 18.8 Å². The minimum atomic E-state index is -1.20. The van der Waals surface area contributed by atoms with E-state index in [1.54, 1.807) is 6.07 Å². The van der Waals surface area contributed by atoms with Crippen LogP contribution in [0, 0.1) is 11.2 Å². The topological polar surface area (TPSA) is 102 Å². The molecule has 3 aromatic rings. The third-order valence-electron chi connectivity index (χ3n) is 5.95. The van der Waals surface area contributed by atoms with Crippen molar-refractivity contribution < 1.29 is 18.7 Å². The Bertz CT molecular complexity index is 1160. The van der Waals surface area contributed by atoms with Gasteiger partial charge in [-0.2, -0.15) is 4.68 Å². The Labute approximate surface area is 177 Å². The van der Waals surface area contributed by atoms with Gasteiger partial charge in [0.1, 0.15) is 11.2 Å². The van der Waals surface area contributed by atoms with E-state index in [9.17, 15) is 14.0 Å². The summed E-state index contributed by atoms with van der Waals surface area (Å²) in [6.07, 6.45) is 0.840. The number of benzene rings is 2. The molecule has 2 heterocycles. The Morgan fingerprint density at radius 1 is 1.10 bits per heavy atom. The lowest BCUT2D eigenvalue weighted by molar-refractivity contribution is -0.119. The van der Waals surface area contributed by atoms with Crippen LogP contribution in [0.1, 0.15) is 17.6 Å². The van der Waals surface area contributed by atoms with E-state index in [4.69, 9.17) is 10.5 Å². The maximum absolute atomic E-state index is 13.4. The Balaban J connectivity index is 1.47. The van der Waals surface area contributed by atoms with Gasteiger partial charge >= 0.3 is 0 Å². The molecule has 8 nitrogen and oxygen atoms in total. The van der Waals surface area contributed by atoms with Crippen molar-refractivity contribution >= 4 is 39.9 Å². The van der Waals surface area contributed by atoms with Gasteiger partial charge in [-0.05, 0) is 49.2 Å². The molecule has 0 unspecified atom stereocenters. The third-order valence-corrected chi connectivity index (χ3v) is 5.95. The number of fused-ring (bicyclic) bond motifs is 1. The van der Waals surface area contributed by atoms with E-state index in [1.165, 1.54) is 28.9 Å². The number of nitrogen functional groups attached to an aromatic ring is 1. The fraction of sp³-hybridized carbons (Fsp3) is 0.318. The molecule has 1 saturated carbocycles. The van der Waals surface area contributed by atoms with Gasteiger partial charge in [0.2, 0.25) is 5.91 Å². The molecule has 1 saturated heterocycles. The monoisotopic (exact) mass is 423 g/mol. The third kappa shape index (κ3) is 3.31. The predicted octanol–water partition coefficient (Wildman–Crippen LogP) is 2.65. The number of rotatable bonds is 4. The Morgan fingerprint density at radius 2 is 1.81 bits per heavy atom. The first-order valence-electron chi connectivity index (χ1n) is 10.2. The SMILES string of the molecule is Nc1nn(C(=O)C2(C(=O)Nc3ccc(F)cc3)CC2)c2cccc(N3CCOCC3)c12. The smallest absolute Gasteiger partial charge is 0.263 e. The molecule has 2 aromatic carbocycles. The molecule has 1 aromatic heterocycles. The highest BCUT2D eigenvalue weighted by Gasteiger charge is 2.58. The molecule has 2 fully saturated rings. The number of hydrogen-bond acceptors (Lipinski definition) is 6. The number of hydrogen-bond donors (Lipinski definition) is 2. The first-order valence-corrected chi connectivity index (χ1v) is 10.2. The second-order valence-corrected chi connectivity index (χ2v) is 7.92. The van der Waals surface area contributed by atoms with Crippen LogP contribution in [0.2, 0.25) is 0 Å². The fourth-order valence-electron chi connectivity index (χ4n) is 4.05. The lowest BCUT2D eigenvalue weighted by Crippen LogP contribution is -2.36. The van der Waals surface area contributed by atoms with Crippen molar-refractivity contribution in [2.45, 2.75) is 12.8 Å². The lowest BCUT2D eigenvalue weighted by atomic mass is 10.0. The zero-order valence-corrected chi connectivity index (χ0v) is 16.8. The van der Waals surface area contributed by atoms with Gasteiger partial charge in [0.25, 0.3) is 5.91 Å². The number of halogens is 1. The summed E-state index contributed by atoms with van der Waals surface area (Å²) in [5.41, 5.74) is 6.93. The van der Waals surface area contributed by atoms with Crippen molar-refractivity contribution in [2.75, 3.05) is 42.3 Å².